The van der Waals surface area contributed by atoms with Crippen LogP contribution < -0.4 is 14.8 Å². The maximum absolute atomic E-state index is 12.2. The van der Waals surface area contributed by atoms with Crippen molar-refractivity contribution >= 4 is 5.91 Å². The molecular weight excluding hydrogens is 464 g/mol. The number of pyridine rings is 1. The lowest BCUT2D eigenvalue weighted by atomic mass is 9.95. The number of carbonyl (C=O) groups is 1. The molecule has 36 heavy (non-hydrogen) atoms. The zero-order chi connectivity index (χ0) is 26.1. The summed E-state index contributed by atoms with van der Waals surface area (Å²) in [7, 11) is 3.04. The van der Waals surface area contributed by atoms with Gasteiger partial charge in [0, 0.05) is 6.54 Å². The van der Waals surface area contributed by atoms with Gasteiger partial charge in [0.15, 0.2) is 0 Å². The molecule has 3 aromatic rings. The molecule has 0 aliphatic rings. The van der Waals surface area contributed by atoms with Gasteiger partial charge in [-0.1, -0.05) is 39.2 Å². The van der Waals surface area contributed by atoms with Gasteiger partial charge in [-0.3, -0.25) is 4.79 Å². The fourth-order valence-electron chi connectivity index (χ4n) is 3.92. The summed E-state index contributed by atoms with van der Waals surface area (Å²) in [5.41, 5.74) is 1.19. The first-order valence-electron chi connectivity index (χ1n) is 12.2. The van der Waals surface area contributed by atoms with Gasteiger partial charge in [-0.15, -0.1) is 10.2 Å². The standard InChI is InChI=1S/C26H34N4O6/c1-5-7-9-14-27-19(31)15-20-29-30-26(36-20)23-24(32)21(16(11-8-6-2)28-25(23)33)22-17(34-3)12-10-13-18(22)35-4/h10,12-13H,5-9,11,14-15H2,1-4H3,(H,27,31)(H2,28,32,33). The van der Waals surface area contributed by atoms with E-state index in [-0.39, 0.29) is 35.4 Å². The Bertz CT molecular complexity index is 1160. The zero-order valence-electron chi connectivity index (χ0n) is 21.3. The molecule has 194 valence electrons. The predicted octanol–water partition coefficient (Wildman–Crippen LogP) is 4.42. The molecule has 0 saturated carbocycles. The Morgan fingerprint density at radius 1 is 0.972 bits per heavy atom. The molecule has 0 atom stereocenters. The van der Waals surface area contributed by atoms with Crippen molar-refractivity contribution in [2.24, 2.45) is 0 Å². The number of aromatic nitrogens is 3. The average molecular weight is 499 g/mol. The number of unbranched alkanes of at least 4 members (excludes halogenated alkanes) is 3. The van der Waals surface area contributed by atoms with Gasteiger partial charge >= 0.3 is 0 Å². The first-order chi connectivity index (χ1) is 17.4. The van der Waals surface area contributed by atoms with E-state index in [4.69, 9.17) is 13.9 Å². The molecule has 0 aliphatic carbocycles. The third-order valence-corrected chi connectivity index (χ3v) is 5.77. The summed E-state index contributed by atoms with van der Waals surface area (Å²) in [6.45, 7) is 4.70. The number of nitrogens with one attached hydrogen (secondary N) is 1. The number of carbonyl (C=O) groups excluding carboxylic acids is 1. The SMILES string of the molecule is CCCCCNC(=O)Cc1nnc(-c2c(O)nc(CCCC)c(-c3c(OC)cccc3OC)c2O)o1. The number of benzene rings is 1. The smallest absolute Gasteiger partial charge is 0.257 e. The van der Waals surface area contributed by atoms with Crippen molar-refractivity contribution in [1.82, 2.24) is 20.5 Å². The molecule has 2 aromatic heterocycles. The van der Waals surface area contributed by atoms with Crippen LogP contribution in [0.25, 0.3) is 22.6 Å². The number of aryl methyl sites for hydroxylation is 1. The van der Waals surface area contributed by atoms with Crippen molar-refractivity contribution in [3.05, 3.63) is 29.8 Å². The third kappa shape index (κ3) is 6.05. The summed E-state index contributed by atoms with van der Waals surface area (Å²) in [6.07, 6.45) is 5.05. The van der Waals surface area contributed by atoms with Crippen LogP contribution in [-0.4, -0.2) is 52.1 Å². The number of hydrogen-bond donors (Lipinski definition) is 3. The summed E-state index contributed by atoms with van der Waals surface area (Å²) >= 11 is 0. The molecule has 0 bridgehead atoms. The van der Waals surface area contributed by atoms with Crippen molar-refractivity contribution in [1.29, 1.82) is 0 Å². The Kier molecular flexibility index (Phi) is 9.49. The van der Waals surface area contributed by atoms with Crippen LogP contribution in [0.3, 0.4) is 0 Å². The maximum atomic E-state index is 12.2. The molecule has 1 amide bonds. The highest BCUT2D eigenvalue weighted by Crippen LogP contribution is 2.49. The molecule has 1 aromatic carbocycles. The number of rotatable bonds is 13. The largest absolute Gasteiger partial charge is 0.506 e. The molecule has 0 fully saturated rings. The quantitative estimate of drug-likeness (QED) is 0.292. The molecule has 0 radical (unpaired) electrons. The molecule has 3 rings (SSSR count). The van der Waals surface area contributed by atoms with Gasteiger partial charge in [-0.2, -0.15) is 0 Å². The fourth-order valence-corrected chi connectivity index (χ4v) is 3.92. The van der Waals surface area contributed by atoms with Crippen LogP contribution in [0.1, 0.15) is 57.5 Å². The van der Waals surface area contributed by atoms with E-state index < -0.39 is 5.88 Å². The zero-order valence-corrected chi connectivity index (χ0v) is 21.3. The molecule has 3 N–H and O–H groups in total. The van der Waals surface area contributed by atoms with Crippen LogP contribution in [0.2, 0.25) is 0 Å². The van der Waals surface area contributed by atoms with Crippen LogP contribution >= 0.6 is 0 Å². The van der Waals surface area contributed by atoms with E-state index in [1.165, 1.54) is 14.2 Å². The normalized spacial score (nSPS) is 10.9. The summed E-state index contributed by atoms with van der Waals surface area (Å²) < 4.78 is 16.8. The summed E-state index contributed by atoms with van der Waals surface area (Å²) in [6, 6.07) is 5.27. The fraction of sp³-hybridized carbons (Fsp3) is 0.462. The molecule has 0 spiro atoms. The van der Waals surface area contributed by atoms with Crippen LogP contribution in [0.5, 0.6) is 23.1 Å². The Morgan fingerprint density at radius 3 is 2.31 bits per heavy atom. The van der Waals surface area contributed by atoms with Crippen molar-refractivity contribution in [3.63, 3.8) is 0 Å². The first kappa shape index (κ1) is 26.8. The van der Waals surface area contributed by atoms with Crippen LogP contribution in [0, 0.1) is 0 Å². The minimum Gasteiger partial charge on any atom is -0.506 e. The second kappa shape index (κ2) is 12.8. The Labute approximate surface area is 210 Å². The maximum Gasteiger partial charge on any atom is 0.257 e. The Balaban J connectivity index is 2.04. The van der Waals surface area contributed by atoms with E-state index in [1.807, 2.05) is 6.92 Å². The van der Waals surface area contributed by atoms with Gasteiger partial charge in [0.2, 0.25) is 17.7 Å². The average Bonchev–Trinajstić information content (AvgIpc) is 3.32. The molecule has 0 saturated heterocycles. The lowest BCUT2D eigenvalue weighted by Gasteiger charge is -2.18. The van der Waals surface area contributed by atoms with Crippen molar-refractivity contribution in [2.75, 3.05) is 20.8 Å². The summed E-state index contributed by atoms with van der Waals surface area (Å²) in [5, 5.41) is 32.9. The minimum absolute atomic E-state index is 0.0586. The van der Waals surface area contributed by atoms with Crippen LogP contribution in [0.15, 0.2) is 22.6 Å². The van der Waals surface area contributed by atoms with Gasteiger partial charge in [-0.25, -0.2) is 4.98 Å². The second-order valence-electron chi connectivity index (χ2n) is 8.36. The van der Waals surface area contributed by atoms with Gasteiger partial charge in [0.25, 0.3) is 5.89 Å². The predicted molar refractivity (Wildman–Crippen MR) is 134 cm³/mol. The van der Waals surface area contributed by atoms with Crippen molar-refractivity contribution < 1.29 is 28.9 Å². The summed E-state index contributed by atoms with van der Waals surface area (Å²) in [5.74, 6) is -0.154. The summed E-state index contributed by atoms with van der Waals surface area (Å²) in [4.78, 5) is 16.6. The molecule has 0 aliphatic heterocycles. The number of methoxy groups -OCH3 is 2. The molecule has 0 unspecified atom stereocenters. The molecule has 10 heteroatoms. The van der Waals surface area contributed by atoms with Crippen LogP contribution in [0.4, 0.5) is 0 Å². The van der Waals surface area contributed by atoms with Crippen molar-refractivity contribution in [2.45, 2.75) is 58.8 Å². The molecule has 2 heterocycles. The molecular formula is C26H34N4O6. The number of nitrogens with zero attached hydrogens (tertiary/aromatic N) is 3. The lowest BCUT2D eigenvalue weighted by molar-refractivity contribution is -0.120. The minimum atomic E-state index is -0.449. The number of ether oxygens (including phenoxy) is 2. The van der Waals surface area contributed by atoms with Gasteiger partial charge < -0.3 is 29.4 Å². The van der Waals surface area contributed by atoms with E-state index in [0.717, 1.165) is 32.1 Å². The first-order valence-corrected chi connectivity index (χ1v) is 12.2. The highest BCUT2D eigenvalue weighted by molar-refractivity contribution is 5.88. The topological polar surface area (TPSA) is 140 Å². The number of amides is 1. The lowest BCUT2D eigenvalue weighted by Crippen LogP contribution is -2.26. The van der Waals surface area contributed by atoms with Gasteiger partial charge in [0.1, 0.15) is 29.2 Å². The molecule has 10 nitrogen and oxygen atoms in total. The van der Waals surface area contributed by atoms with E-state index in [0.29, 0.717) is 41.3 Å². The highest BCUT2D eigenvalue weighted by Gasteiger charge is 2.28. The van der Waals surface area contributed by atoms with E-state index >= 15 is 0 Å². The Morgan fingerprint density at radius 2 is 1.67 bits per heavy atom. The van der Waals surface area contributed by atoms with Crippen molar-refractivity contribution in [3.8, 4) is 45.7 Å². The van der Waals surface area contributed by atoms with E-state index in [2.05, 4.69) is 27.4 Å². The van der Waals surface area contributed by atoms with E-state index in [1.54, 1.807) is 18.2 Å². The van der Waals surface area contributed by atoms with Gasteiger partial charge in [-0.05, 0) is 31.4 Å². The highest BCUT2D eigenvalue weighted by atomic mass is 16.5. The monoisotopic (exact) mass is 498 g/mol. The third-order valence-electron chi connectivity index (χ3n) is 5.77. The number of hydrogen-bond acceptors (Lipinski definition) is 9. The van der Waals surface area contributed by atoms with Gasteiger partial charge in [0.05, 0.1) is 31.0 Å². The van der Waals surface area contributed by atoms with Crippen LogP contribution in [-0.2, 0) is 17.6 Å². The van der Waals surface area contributed by atoms with E-state index in [9.17, 15) is 15.0 Å². The second-order valence-corrected chi connectivity index (χ2v) is 8.36. The number of aromatic hydroxyl groups is 2. The Hall–Kier alpha value is -3.82.